The minimum absolute atomic E-state index is 0.0959. The summed E-state index contributed by atoms with van der Waals surface area (Å²) < 4.78 is 5.14. The number of nitrogens with one attached hydrogen (secondary N) is 2. The third-order valence-corrected chi connectivity index (χ3v) is 2.87. The molecule has 7 nitrogen and oxygen atoms in total. The molecule has 1 rings (SSSR count). The molecular formula is C15H22N2O5. The number of carbonyl (C=O) groups is 2. The largest absolute Gasteiger partial charge is 0.505 e. The van der Waals surface area contributed by atoms with Crippen LogP contribution in [0.5, 0.6) is 5.75 Å². The van der Waals surface area contributed by atoms with Crippen LogP contribution in [0, 0.1) is 13.8 Å². The summed E-state index contributed by atoms with van der Waals surface area (Å²) in [7, 11) is 0. The highest BCUT2D eigenvalue weighted by Gasteiger charge is 2.20. The summed E-state index contributed by atoms with van der Waals surface area (Å²) in [6, 6.07) is 1.66. The number of carboxylic acids is 1. The van der Waals surface area contributed by atoms with E-state index in [9.17, 15) is 14.7 Å². The average Bonchev–Trinajstić information content (AvgIpc) is 2.35. The molecule has 122 valence electrons. The number of aliphatic carboxylic acids is 1. The van der Waals surface area contributed by atoms with Crippen molar-refractivity contribution in [2.24, 2.45) is 0 Å². The number of hydrogen-bond acceptors (Lipinski definition) is 5. The number of ether oxygens (including phenoxy) is 1. The number of aryl methyl sites for hydroxylation is 1. The molecule has 0 aliphatic rings. The van der Waals surface area contributed by atoms with E-state index >= 15 is 0 Å². The summed E-state index contributed by atoms with van der Waals surface area (Å²) in [5.41, 5.74) is 1.08. The molecule has 1 aromatic carbocycles. The van der Waals surface area contributed by atoms with E-state index in [2.05, 4.69) is 10.6 Å². The second-order valence-electron chi connectivity index (χ2n) is 5.96. The van der Waals surface area contributed by atoms with Gasteiger partial charge in [-0.2, -0.15) is 0 Å². The van der Waals surface area contributed by atoms with Crippen molar-refractivity contribution in [2.75, 3.05) is 17.2 Å². The Hall–Kier alpha value is -2.44. The number of hydrogen-bond donors (Lipinski definition) is 4. The summed E-state index contributed by atoms with van der Waals surface area (Å²) in [5.74, 6) is -1.18. The maximum Gasteiger partial charge on any atom is 0.412 e. The fourth-order valence-corrected chi connectivity index (χ4v) is 1.74. The molecule has 0 spiro atoms. The lowest BCUT2D eigenvalue weighted by Gasteiger charge is -2.22. The minimum Gasteiger partial charge on any atom is -0.505 e. The van der Waals surface area contributed by atoms with Gasteiger partial charge in [0.2, 0.25) is 0 Å². The zero-order valence-electron chi connectivity index (χ0n) is 13.4. The van der Waals surface area contributed by atoms with Gasteiger partial charge in [0, 0.05) is 0 Å². The van der Waals surface area contributed by atoms with Crippen LogP contribution in [0.3, 0.4) is 0 Å². The van der Waals surface area contributed by atoms with E-state index in [1.165, 1.54) is 0 Å². The fourth-order valence-electron chi connectivity index (χ4n) is 1.74. The number of aromatic hydroxyl groups is 1. The first-order valence-electron chi connectivity index (χ1n) is 6.80. The highest BCUT2D eigenvalue weighted by molar-refractivity contribution is 5.94. The van der Waals surface area contributed by atoms with Crippen LogP contribution in [0.1, 0.15) is 31.9 Å². The van der Waals surface area contributed by atoms with Gasteiger partial charge in [-0.15, -0.1) is 0 Å². The van der Waals surface area contributed by atoms with Crippen molar-refractivity contribution in [1.82, 2.24) is 0 Å². The molecule has 0 saturated heterocycles. The Bertz CT molecular complexity index is 591. The van der Waals surface area contributed by atoms with Crippen LogP contribution in [0.15, 0.2) is 6.07 Å². The Morgan fingerprint density at radius 2 is 1.86 bits per heavy atom. The standard InChI is InChI=1S/C15H22N2O5/c1-8-6-10(16-7-11(18)19)12(13(20)9(8)2)17-14(21)22-15(3,4)5/h6,16,20H,7H2,1-5H3,(H,17,21)(H,18,19). The molecule has 0 unspecified atom stereocenters. The summed E-state index contributed by atoms with van der Waals surface area (Å²) in [6.45, 7) is 8.29. The maximum absolute atomic E-state index is 11.9. The average molecular weight is 310 g/mol. The van der Waals surface area contributed by atoms with Crippen LogP contribution < -0.4 is 10.6 Å². The molecule has 0 radical (unpaired) electrons. The van der Waals surface area contributed by atoms with Gasteiger partial charge in [-0.3, -0.25) is 10.1 Å². The number of carboxylic acid groups (broad SMARTS) is 1. The SMILES string of the molecule is Cc1cc(NCC(=O)O)c(NC(=O)OC(C)(C)C)c(O)c1C. The van der Waals surface area contributed by atoms with Crippen molar-refractivity contribution in [3.05, 3.63) is 17.2 Å². The van der Waals surface area contributed by atoms with Gasteiger partial charge in [-0.05, 0) is 51.8 Å². The summed E-state index contributed by atoms with van der Waals surface area (Å²) in [5, 5.41) is 24.1. The van der Waals surface area contributed by atoms with E-state index in [-0.39, 0.29) is 18.0 Å². The summed E-state index contributed by atoms with van der Waals surface area (Å²) in [4.78, 5) is 22.6. The Morgan fingerprint density at radius 3 is 2.36 bits per heavy atom. The van der Waals surface area contributed by atoms with Crippen LogP contribution in [-0.4, -0.2) is 34.4 Å². The molecule has 0 aromatic heterocycles. The number of rotatable bonds is 4. The Balaban J connectivity index is 3.11. The van der Waals surface area contributed by atoms with Gasteiger partial charge < -0.3 is 20.3 Å². The van der Waals surface area contributed by atoms with Gasteiger partial charge >= 0.3 is 12.1 Å². The zero-order valence-corrected chi connectivity index (χ0v) is 13.4. The van der Waals surface area contributed by atoms with Crippen LogP contribution >= 0.6 is 0 Å². The Morgan fingerprint density at radius 1 is 1.27 bits per heavy atom. The Labute approximate surface area is 129 Å². The van der Waals surface area contributed by atoms with E-state index in [4.69, 9.17) is 9.84 Å². The lowest BCUT2D eigenvalue weighted by atomic mass is 10.1. The smallest absolute Gasteiger partial charge is 0.412 e. The number of anilines is 2. The van der Waals surface area contributed by atoms with Gasteiger partial charge in [0.1, 0.15) is 23.6 Å². The summed E-state index contributed by atoms with van der Waals surface area (Å²) >= 11 is 0. The maximum atomic E-state index is 11.9. The molecule has 0 aliphatic heterocycles. The van der Waals surface area contributed by atoms with Crippen molar-refractivity contribution in [1.29, 1.82) is 0 Å². The van der Waals surface area contributed by atoms with Crippen LogP contribution in [0.2, 0.25) is 0 Å². The number of benzene rings is 1. The number of carbonyl (C=O) groups excluding carboxylic acids is 1. The molecule has 0 saturated carbocycles. The molecule has 0 heterocycles. The molecule has 0 bridgehead atoms. The number of phenolic OH excluding ortho intramolecular Hbond substituents is 1. The molecule has 1 amide bonds. The van der Waals surface area contributed by atoms with E-state index in [0.29, 0.717) is 11.3 Å². The lowest BCUT2D eigenvalue weighted by Crippen LogP contribution is -2.27. The molecule has 7 heteroatoms. The van der Waals surface area contributed by atoms with E-state index < -0.39 is 17.7 Å². The predicted molar refractivity (Wildman–Crippen MR) is 83.6 cm³/mol. The van der Waals surface area contributed by atoms with Crippen molar-refractivity contribution >= 4 is 23.4 Å². The van der Waals surface area contributed by atoms with Gasteiger partial charge in [0.25, 0.3) is 0 Å². The zero-order chi connectivity index (χ0) is 17.1. The quantitative estimate of drug-likeness (QED) is 0.637. The normalized spacial score (nSPS) is 11.0. The molecule has 0 atom stereocenters. The van der Waals surface area contributed by atoms with E-state index in [1.807, 2.05) is 0 Å². The van der Waals surface area contributed by atoms with E-state index in [0.717, 1.165) is 5.56 Å². The van der Waals surface area contributed by atoms with Gasteiger partial charge in [0.15, 0.2) is 0 Å². The van der Waals surface area contributed by atoms with Crippen molar-refractivity contribution in [3.63, 3.8) is 0 Å². The monoisotopic (exact) mass is 310 g/mol. The van der Waals surface area contributed by atoms with Gasteiger partial charge in [-0.25, -0.2) is 4.79 Å². The molecular weight excluding hydrogens is 288 g/mol. The minimum atomic E-state index is -1.05. The first-order chi connectivity index (χ1) is 10.0. The first-order valence-corrected chi connectivity index (χ1v) is 6.80. The molecule has 22 heavy (non-hydrogen) atoms. The number of phenols is 1. The van der Waals surface area contributed by atoms with Crippen molar-refractivity contribution in [2.45, 2.75) is 40.2 Å². The highest BCUT2D eigenvalue weighted by Crippen LogP contribution is 2.37. The van der Waals surface area contributed by atoms with Crippen molar-refractivity contribution < 1.29 is 24.5 Å². The summed E-state index contributed by atoms with van der Waals surface area (Å²) in [6.07, 6.45) is -0.732. The molecule has 1 aromatic rings. The van der Waals surface area contributed by atoms with Crippen molar-refractivity contribution in [3.8, 4) is 5.75 Å². The second kappa shape index (κ2) is 6.55. The molecule has 0 aliphatic carbocycles. The first kappa shape index (κ1) is 17.6. The molecule has 4 N–H and O–H groups in total. The van der Waals surface area contributed by atoms with Gasteiger partial charge in [-0.1, -0.05) is 0 Å². The third-order valence-electron chi connectivity index (χ3n) is 2.87. The highest BCUT2D eigenvalue weighted by atomic mass is 16.6. The second-order valence-corrected chi connectivity index (χ2v) is 5.96. The molecule has 0 fully saturated rings. The number of amides is 1. The topological polar surface area (TPSA) is 108 Å². The Kier molecular flexibility index (Phi) is 5.24. The predicted octanol–water partition coefficient (Wildman–Crippen LogP) is 2.85. The lowest BCUT2D eigenvalue weighted by molar-refractivity contribution is -0.134. The van der Waals surface area contributed by atoms with Crippen LogP contribution in [0.25, 0.3) is 0 Å². The van der Waals surface area contributed by atoms with Crippen LogP contribution in [0.4, 0.5) is 16.2 Å². The third kappa shape index (κ3) is 4.83. The van der Waals surface area contributed by atoms with E-state index in [1.54, 1.807) is 40.7 Å². The fraction of sp³-hybridized carbons (Fsp3) is 0.467. The van der Waals surface area contributed by atoms with Crippen LogP contribution in [-0.2, 0) is 9.53 Å². The van der Waals surface area contributed by atoms with Gasteiger partial charge in [0.05, 0.1) is 5.69 Å².